The van der Waals surface area contributed by atoms with Gasteiger partial charge in [0.05, 0.1) is 24.4 Å². The maximum Gasteiger partial charge on any atom is 0.244 e. The number of amides is 1. The summed E-state index contributed by atoms with van der Waals surface area (Å²) in [5.74, 6) is 1.09. The third-order valence-corrected chi connectivity index (χ3v) is 3.17. The highest BCUT2D eigenvalue weighted by molar-refractivity contribution is 6.32. The van der Waals surface area contributed by atoms with E-state index >= 15 is 0 Å². The van der Waals surface area contributed by atoms with Crippen LogP contribution in [0.2, 0.25) is 5.02 Å². The van der Waals surface area contributed by atoms with E-state index in [1.165, 1.54) is 0 Å². The van der Waals surface area contributed by atoms with Gasteiger partial charge < -0.3 is 15.4 Å². The number of nitrogens with one attached hydrogen (secondary N) is 2. The van der Waals surface area contributed by atoms with Crippen LogP contribution in [0.4, 0.5) is 11.5 Å². The van der Waals surface area contributed by atoms with Crippen molar-refractivity contribution in [3.05, 3.63) is 35.0 Å². The average Bonchev–Trinajstić information content (AvgIpc) is 2.74. The Bertz CT molecular complexity index is 654. The zero-order valence-corrected chi connectivity index (χ0v) is 12.9. The van der Waals surface area contributed by atoms with Crippen LogP contribution in [0.1, 0.15) is 5.69 Å². The van der Waals surface area contributed by atoms with E-state index in [2.05, 4.69) is 15.7 Å². The lowest BCUT2D eigenvalue weighted by molar-refractivity contribution is -0.114. The lowest BCUT2D eigenvalue weighted by atomic mass is 10.3. The molecule has 21 heavy (non-hydrogen) atoms. The molecule has 1 heterocycles. The predicted molar refractivity (Wildman–Crippen MR) is 83.1 cm³/mol. The van der Waals surface area contributed by atoms with Crippen molar-refractivity contribution in [2.24, 2.45) is 7.05 Å². The summed E-state index contributed by atoms with van der Waals surface area (Å²) >= 11 is 6.02. The van der Waals surface area contributed by atoms with Gasteiger partial charge in [0, 0.05) is 18.8 Å². The first-order valence-electron chi connectivity index (χ1n) is 6.37. The van der Waals surface area contributed by atoms with Crippen molar-refractivity contribution in [1.29, 1.82) is 0 Å². The van der Waals surface area contributed by atoms with Crippen molar-refractivity contribution in [3.63, 3.8) is 0 Å². The Morgan fingerprint density at radius 3 is 2.76 bits per heavy atom. The molecule has 2 aromatic rings. The van der Waals surface area contributed by atoms with E-state index in [-0.39, 0.29) is 12.5 Å². The van der Waals surface area contributed by atoms with Gasteiger partial charge in [0.1, 0.15) is 11.6 Å². The standard InChI is InChI=1S/C14H17ClN4O2/c1-9-6-13(19(2)18-9)17-14(20)8-16-10-4-5-12(21-3)11(15)7-10/h4-7,16H,8H2,1-3H3,(H,17,20). The van der Waals surface area contributed by atoms with Crippen LogP contribution in [-0.4, -0.2) is 29.3 Å². The number of anilines is 2. The van der Waals surface area contributed by atoms with E-state index in [0.29, 0.717) is 16.6 Å². The topological polar surface area (TPSA) is 68.2 Å². The fraction of sp³-hybridized carbons (Fsp3) is 0.286. The Kier molecular flexibility index (Phi) is 4.70. The van der Waals surface area contributed by atoms with Gasteiger partial charge in [-0.1, -0.05) is 11.6 Å². The van der Waals surface area contributed by atoms with Crippen LogP contribution in [0.15, 0.2) is 24.3 Å². The molecule has 0 aliphatic carbocycles. The highest BCUT2D eigenvalue weighted by atomic mass is 35.5. The van der Waals surface area contributed by atoms with Gasteiger partial charge in [-0.05, 0) is 25.1 Å². The Hall–Kier alpha value is -2.21. The maximum absolute atomic E-state index is 11.9. The highest BCUT2D eigenvalue weighted by Crippen LogP contribution is 2.27. The fourth-order valence-electron chi connectivity index (χ4n) is 1.87. The molecule has 6 nitrogen and oxygen atoms in total. The van der Waals surface area contributed by atoms with Crippen LogP contribution in [0.5, 0.6) is 5.75 Å². The normalized spacial score (nSPS) is 10.3. The number of carbonyl (C=O) groups is 1. The van der Waals surface area contributed by atoms with Crippen LogP contribution in [0, 0.1) is 6.92 Å². The lowest BCUT2D eigenvalue weighted by Crippen LogP contribution is -2.23. The van der Waals surface area contributed by atoms with E-state index in [4.69, 9.17) is 16.3 Å². The molecule has 1 aromatic carbocycles. The first kappa shape index (κ1) is 15.2. The molecule has 2 rings (SSSR count). The number of carbonyl (C=O) groups excluding carboxylic acids is 1. The average molecular weight is 309 g/mol. The number of benzene rings is 1. The molecule has 0 fully saturated rings. The number of aromatic nitrogens is 2. The Morgan fingerprint density at radius 1 is 1.43 bits per heavy atom. The van der Waals surface area contributed by atoms with Gasteiger partial charge in [-0.2, -0.15) is 5.10 Å². The fourth-order valence-corrected chi connectivity index (χ4v) is 2.13. The zero-order valence-electron chi connectivity index (χ0n) is 12.1. The summed E-state index contributed by atoms with van der Waals surface area (Å²) in [6.45, 7) is 2.00. The molecule has 0 radical (unpaired) electrons. The SMILES string of the molecule is COc1ccc(NCC(=O)Nc2cc(C)nn2C)cc1Cl. The second-order valence-electron chi connectivity index (χ2n) is 4.55. The highest BCUT2D eigenvalue weighted by Gasteiger charge is 2.07. The summed E-state index contributed by atoms with van der Waals surface area (Å²) in [4.78, 5) is 11.9. The number of hydrogen-bond donors (Lipinski definition) is 2. The van der Waals surface area contributed by atoms with Gasteiger partial charge in [0.15, 0.2) is 0 Å². The molecule has 0 aliphatic rings. The van der Waals surface area contributed by atoms with Crippen molar-refractivity contribution in [1.82, 2.24) is 9.78 Å². The molecule has 7 heteroatoms. The van der Waals surface area contributed by atoms with Crippen LogP contribution in [0.3, 0.4) is 0 Å². The van der Waals surface area contributed by atoms with E-state index in [9.17, 15) is 4.79 Å². The molecule has 112 valence electrons. The molecular weight excluding hydrogens is 292 g/mol. The third kappa shape index (κ3) is 3.88. The smallest absolute Gasteiger partial charge is 0.244 e. The molecule has 0 aliphatic heterocycles. The van der Waals surface area contributed by atoms with Gasteiger partial charge >= 0.3 is 0 Å². The van der Waals surface area contributed by atoms with Crippen molar-refractivity contribution < 1.29 is 9.53 Å². The number of methoxy groups -OCH3 is 1. The minimum absolute atomic E-state index is 0.132. The second-order valence-corrected chi connectivity index (χ2v) is 4.95. The number of hydrogen-bond acceptors (Lipinski definition) is 4. The quantitative estimate of drug-likeness (QED) is 0.890. The summed E-state index contributed by atoms with van der Waals surface area (Å²) in [6, 6.07) is 7.06. The lowest BCUT2D eigenvalue weighted by Gasteiger charge is -2.09. The first-order chi connectivity index (χ1) is 9.99. The predicted octanol–water partition coefficient (Wildman–Crippen LogP) is 2.44. The molecule has 0 bridgehead atoms. The number of ether oxygens (including phenoxy) is 1. The van der Waals surface area contributed by atoms with Crippen LogP contribution < -0.4 is 15.4 Å². The van der Waals surface area contributed by atoms with Crippen LogP contribution >= 0.6 is 11.6 Å². The van der Waals surface area contributed by atoms with Crippen LogP contribution in [0.25, 0.3) is 0 Å². The summed E-state index contributed by atoms with van der Waals surface area (Å²) in [7, 11) is 3.33. The largest absolute Gasteiger partial charge is 0.495 e. The van der Waals surface area contributed by atoms with Crippen LogP contribution in [-0.2, 0) is 11.8 Å². The molecular formula is C14H17ClN4O2. The molecule has 2 N–H and O–H groups in total. The van der Waals surface area contributed by atoms with E-state index in [1.807, 2.05) is 13.0 Å². The second kappa shape index (κ2) is 6.49. The zero-order chi connectivity index (χ0) is 15.4. The maximum atomic E-state index is 11.9. The van der Waals surface area contributed by atoms with Gasteiger partial charge in [-0.15, -0.1) is 0 Å². The van der Waals surface area contributed by atoms with Gasteiger partial charge in [0.25, 0.3) is 0 Å². The molecule has 0 atom stereocenters. The van der Waals surface area contributed by atoms with E-state index < -0.39 is 0 Å². The minimum Gasteiger partial charge on any atom is -0.495 e. The molecule has 0 spiro atoms. The molecule has 0 saturated heterocycles. The number of rotatable bonds is 5. The van der Waals surface area contributed by atoms with Crippen molar-refractivity contribution in [3.8, 4) is 5.75 Å². The summed E-state index contributed by atoms with van der Waals surface area (Å²) in [5.41, 5.74) is 1.60. The Labute approximate surface area is 128 Å². The van der Waals surface area contributed by atoms with Gasteiger partial charge in [0.2, 0.25) is 5.91 Å². The van der Waals surface area contributed by atoms with Gasteiger partial charge in [-0.25, -0.2) is 0 Å². The summed E-state index contributed by atoms with van der Waals surface area (Å²) in [5, 5.41) is 10.4. The van der Waals surface area contributed by atoms with E-state index in [0.717, 1.165) is 11.4 Å². The monoisotopic (exact) mass is 308 g/mol. The number of halogens is 1. The molecule has 0 unspecified atom stereocenters. The first-order valence-corrected chi connectivity index (χ1v) is 6.75. The molecule has 0 saturated carbocycles. The molecule has 1 aromatic heterocycles. The number of nitrogens with zero attached hydrogens (tertiary/aromatic N) is 2. The summed E-state index contributed by atoms with van der Waals surface area (Å²) < 4.78 is 6.69. The minimum atomic E-state index is -0.162. The summed E-state index contributed by atoms with van der Waals surface area (Å²) in [6.07, 6.45) is 0. The van der Waals surface area contributed by atoms with E-state index in [1.54, 1.807) is 37.0 Å². The van der Waals surface area contributed by atoms with Crippen molar-refractivity contribution in [2.75, 3.05) is 24.3 Å². The van der Waals surface area contributed by atoms with Crippen molar-refractivity contribution in [2.45, 2.75) is 6.92 Å². The molecule has 1 amide bonds. The third-order valence-electron chi connectivity index (χ3n) is 2.87. The Balaban J connectivity index is 1.92. The van der Waals surface area contributed by atoms with Gasteiger partial charge in [-0.3, -0.25) is 9.48 Å². The number of aryl methyl sites for hydroxylation is 2. The Morgan fingerprint density at radius 2 is 2.19 bits per heavy atom. The van der Waals surface area contributed by atoms with Crippen molar-refractivity contribution >= 4 is 29.0 Å².